The van der Waals surface area contributed by atoms with Gasteiger partial charge in [-0.3, -0.25) is 0 Å². The Balaban J connectivity index is 1.06. The van der Waals surface area contributed by atoms with Gasteiger partial charge in [-0.25, -0.2) is 0 Å². The van der Waals surface area contributed by atoms with Gasteiger partial charge in [0.15, 0.2) is 0 Å². The van der Waals surface area contributed by atoms with E-state index in [0.717, 1.165) is 0 Å². The fourth-order valence-corrected chi connectivity index (χ4v) is 11.8. The third-order valence-electron chi connectivity index (χ3n) is 14.0. The summed E-state index contributed by atoms with van der Waals surface area (Å²) in [6.45, 7) is 0. The van der Waals surface area contributed by atoms with Crippen LogP contribution in [0.2, 0.25) is 0 Å². The predicted molar refractivity (Wildman–Crippen MR) is 250 cm³/mol. The molecule has 0 heterocycles. The lowest BCUT2D eigenvalue weighted by molar-refractivity contribution is 0.809. The van der Waals surface area contributed by atoms with Gasteiger partial charge in [0.1, 0.15) is 0 Å². The average Bonchev–Trinajstić information content (AvgIpc) is 3.79. The first-order chi connectivity index (χ1) is 29.3. The summed E-state index contributed by atoms with van der Waals surface area (Å²) < 4.78 is 0. The SMILES string of the molecule is c1ccc(-c2ccc3ccc4cccc5ccc2c3c45)c(-c2ccc3c4c(ccc3c2)-c2c(c3ccccc3c3ccccc23)C42c3ccccc3-c3ccccc32)c1. The van der Waals surface area contributed by atoms with Crippen molar-refractivity contribution < 1.29 is 0 Å². The van der Waals surface area contributed by atoms with Gasteiger partial charge in [-0.1, -0.05) is 200 Å². The van der Waals surface area contributed by atoms with Gasteiger partial charge in [0.05, 0.1) is 5.41 Å². The Labute approximate surface area is 341 Å². The minimum absolute atomic E-state index is 0.484. The van der Waals surface area contributed by atoms with Crippen LogP contribution < -0.4 is 0 Å². The van der Waals surface area contributed by atoms with E-state index in [9.17, 15) is 0 Å². The summed E-state index contributed by atoms with van der Waals surface area (Å²) in [7, 11) is 0. The fourth-order valence-electron chi connectivity index (χ4n) is 11.8. The molecule has 1 spiro atoms. The largest absolute Gasteiger partial charge is 0.0737 e. The Hall–Kier alpha value is -7.54. The van der Waals surface area contributed by atoms with Gasteiger partial charge < -0.3 is 0 Å². The highest BCUT2D eigenvalue weighted by atomic mass is 14.5. The first-order valence-corrected chi connectivity index (χ1v) is 20.8. The minimum atomic E-state index is -0.484. The Morgan fingerprint density at radius 2 is 0.780 bits per heavy atom. The van der Waals surface area contributed by atoms with Gasteiger partial charge >= 0.3 is 0 Å². The van der Waals surface area contributed by atoms with Crippen molar-refractivity contribution in [2.75, 3.05) is 0 Å². The van der Waals surface area contributed by atoms with E-state index >= 15 is 0 Å². The van der Waals surface area contributed by atoms with Crippen LogP contribution in [0.25, 0.3) is 109 Å². The molecule has 0 N–H and O–H groups in total. The first kappa shape index (κ1) is 31.5. The van der Waals surface area contributed by atoms with Crippen LogP contribution >= 0.6 is 0 Å². The molecule has 2 aliphatic carbocycles. The van der Waals surface area contributed by atoms with Crippen LogP contribution in [0.1, 0.15) is 22.3 Å². The fraction of sp³-hybridized carbons (Fsp3) is 0.0169. The molecule has 14 rings (SSSR count). The second-order valence-corrected chi connectivity index (χ2v) is 16.6. The molecule has 0 radical (unpaired) electrons. The van der Waals surface area contributed by atoms with Gasteiger partial charge in [-0.15, -0.1) is 0 Å². The van der Waals surface area contributed by atoms with Crippen LogP contribution in [0.4, 0.5) is 0 Å². The van der Waals surface area contributed by atoms with Gasteiger partial charge in [0.2, 0.25) is 0 Å². The summed E-state index contributed by atoms with van der Waals surface area (Å²) in [6.07, 6.45) is 0. The molecule has 0 bridgehead atoms. The summed E-state index contributed by atoms with van der Waals surface area (Å²) in [5, 5.41) is 15.7. The second kappa shape index (κ2) is 11.3. The molecule has 0 fully saturated rings. The predicted octanol–water partition coefficient (Wildman–Crippen LogP) is 15.7. The van der Waals surface area contributed by atoms with Crippen molar-refractivity contribution in [3.8, 4) is 44.5 Å². The molecule has 0 nitrogen and oxygen atoms in total. The number of hydrogen-bond acceptors (Lipinski definition) is 0. The molecule has 270 valence electrons. The molecule has 12 aromatic carbocycles. The van der Waals surface area contributed by atoms with E-state index in [1.807, 2.05) is 0 Å². The maximum absolute atomic E-state index is 2.45. The van der Waals surface area contributed by atoms with Crippen LogP contribution in [-0.4, -0.2) is 0 Å². The van der Waals surface area contributed by atoms with Crippen LogP contribution in [-0.2, 0) is 5.41 Å². The Kier molecular flexibility index (Phi) is 6.05. The van der Waals surface area contributed by atoms with Gasteiger partial charge in [0.25, 0.3) is 0 Å². The number of benzene rings is 12. The molecule has 59 heavy (non-hydrogen) atoms. The molecular formula is C59H34. The highest BCUT2D eigenvalue weighted by Gasteiger charge is 2.53. The van der Waals surface area contributed by atoms with Crippen LogP contribution in [0.3, 0.4) is 0 Å². The van der Waals surface area contributed by atoms with Crippen molar-refractivity contribution in [2.24, 2.45) is 0 Å². The normalized spacial score (nSPS) is 13.6. The molecule has 0 heteroatoms. The lowest BCUT2D eigenvalue weighted by Crippen LogP contribution is -2.26. The Morgan fingerprint density at radius 1 is 0.254 bits per heavy atom. The highest BCUT2D eigenvalue weighted by molar-refractivity contribution is 6.26. The van der Waals surface area contributed by atoms with E-state index in [1.165, 1.54) is 131 Å². The van der Waals surface area contributed by atoms with Gasteiger partial charge in [0, 0.05) is 0 Å². The monoisotopic (exact) mass is 742 g/mol. The Bertz CT molecular complexity index is 3730. The quantitative estimate of drug-likeness (QED) is 0.155. The van der Waals surface area contributed by atoms with Gasteiger partial charge in [-0.2, -0.15) is 0 Å². The summed E-state index contributed by atoms with van der Waals surface area (Å²) >= 11 is 0. The zero-order chi connectivity index (χ0) is 38.4. The molecule has 0 saturated heterocycles. The maximum atomic E-state index is 2.45. The van der Waals surface area contributed by atoms with Crippen molar-refractivity contribution in [3.63, 3.8) is 0 Å². The molecule has 0 amide bonds. The molecule has 0 saturated carbocycles. The smallest absolute Gasteiger partial charge is 0.0619 e. The topological polar surface area (TPSA) is 0 Å². The zero-order valence-electron chi connectivity index (χ0n) is 32.1. The van der Waals surface area contributed by atoms with E-state index < -0.39 is 5.41 Å². The van der Waals surface area contributed by atoms with E-state index in [4.69, 9.17) is 0 Å². The summed E-state index contributed by atoms with van der Waals surface area (Å²) in [5.74, 6) is 0. The van der Waals surface area contributed by atoms with Crippen molar-refractivity contribution in [1.29, 1.82) is 0 Å². The van der Waals surface area contributed by atoms with Crippen LogP contribution in [0.15, 0.2) is 206 Å². The summed E-state index contributed by atoms with van der Waals surface area (Å²) in [6, 6.07) is 78.1. The maximum Gasteiger partial charge on any atom is 0.0737 e. The van der Waals surface area contributed by atoms with Crippen molar-refractivity contribution >= 4 is 64.6 Å². The molecule has 0 unspecified atom stereocenters. The van der Waals surface area contributed by atoms with Gasteiger partial charge in [-0.05, 0) is 137 Å². The van der Waals surface area contributed by atoms with Crippen LogP contribution in [0, 0.1) is 0 Å². The van der Waals surface area contributed by atoms with E-state index in [1.54, 1.807) is 0 Å². The number of hydrogen-bond donors (Lipinski definition) is 0. The lowest BCUT2D eigenvalue weighted by Gasteiger charge is -2.32. The zero-order valence-corrected chi connectivity index (χ0v) is 32.1. The van der Waals surface area contributed by atoms with E-state index in [0.29, 0.717) is 0 Å². The minimum Gasteiger partial charge on any atom is -0.0619 e. The van der Waals surface area contributed by atoms with E-state index in [2.05, 4.69) is 206 Å². The molecule has 0 aromatic heterocycles. The lowest BCUT2D eigenvalue weighted by atomic mass is 9.68. The van der Waals surface area contributed by atoms with Crippen LogP contribution in [0.5, 0.6) is 0 Å². The molecule has 2 aliphatic rings. The summed E-state index contributed by atoms with van der Waals surface area (Å²) in [5.41, 5.74) is 15.4. The Morgan fingerprint density at radius 3 is 1.53 bits per heavy atom. The molecular weight excluding hydrogens is 709 g/mol. The average molecular weight is 743 g/mol. The molecule has 0 atom stereocenters. The number of rotatable bonds is 2. The molecule has 12 aromatic rings. The highest BCUT2D eigenvalue weighted by Crippen LogP contribution is 2.66. The number of fused-ring (bicyclic) bond motifs is 17. The summed E-state index contributed by atoms with van der Waals surface area (Å²) in [4.78, 5) is 0. The van der Waals surface area contributed by atoms with Crippen molar-refractivity contribution in [2.45, 2.75) is 5.41 Å². The van der Waals surface area contributed by atoms with E-state index in [-0.39, 0.29) is 0 Å². The van der Waals surface area contributed by atoms with Crippen molar-refractivity contribution in [1.82, 2.24) is 0 Å². The third kappa shape index (κ3) is 3.89. The first-order valence-electron chi connectivity index (χ1n) is 20.8. The standard InChI is InChI=1S/C59H34/c1-2-15-42(45-31-26-37-25-24-35-12-11-13-36-27-32-49(45)55(37)54(35)36)40(14-1)38-28-30-41-39(34-38)29-33-51-56-48-20-5-3-16-43(48)44-17-4-6-21-50(44)58(56)59(57(41)51)52-22-9-7-18-46(52)47-19-8-10-23-53(47)59/h1-34H. The van der Waals surface area contributed by atoms with Crippen molar-refractivity contribution in [3.05, 3.63) is 229 Å². The second-order valence-electron chi connectivity index (χ2n) is 16.6. The third-order valence-corrected chi connectivity index (χ3v) is 14.0. The molecule has 0 aliphatic heterocycles.